The number of aromatic nitrogens is 2. The third kappa shape index (κ3) is 4.50. The second-order valence-corrected chi connectivity index (χ2v) is 7.56. The summed E-state index contributed by atoms with van der Waals surface area (Å²) >= 11 is 6.06. The fraction of sp³-hybridized carbons (Fsp3) is 0.0870. The van der Waals surface area contributed by atoms with E-state index in [0.29, 0.717) is 33.2 Å². The third-order valence-electron chi connectivity index (χ3n) is 4.91. The van der Waals surface area contributed by atoms with Gasteiger partial charge in [0.15, 0.2) is 5.82 Å². The number of nitrogens with zero attached hydrogens (tertiary/aromatic N) is 2. The number of nitrogen functional groups attached to an aromatic ring is 1. The quantitative estimate of drug-likeness (QED) is 0.362. The van der Waals surface area contributed by atoms with Gasteiger partial charge in [0.1, 0.15) is 0 Å². The molecule has 1 heterocycles. The van der Waals surface area contributed by atoms with E-state index in [0.717, 1.165) is 11.1 Å². The van der Waals surface area contributed by atoms with E-state index < -0.39 is 0 Å². The zero-order chi connectivity index (χ0) is 22.7. The van der Waals surface area contributed by atoms with Crippen molar-refractivity contribution in [2.24, 2.45) is 7.05 Å². The van der Waals surface area contributed by atoms with E-state index in [2.05, 4.69) is 21.0 Å². The smallest absolute Gasteiger partial charge is 0.319 e. The number of hydrogen-bond donors (Lipinski definition) is 4. The first-order chi connectivity index (χ1) is 15.4. The summed E-state index contributed by atoms with van der Waals surface area (Å²) in [5.74, 6) is 0.00704. The highest BCUT2D eigenvalue weighted by atomic mass is 35.5. The van der Waals surface area contributed by atoms with E-state index in [4.69, 9.17) is 17.3 Å². The second kappa shape index (κ2) is 8.99. The predicted octanol–water partition coefficient (Wildman–Crippen LogP) is 4.38. The summed E-state index contributed by atoms with van der Waals surface area (Å²) in [6.45, 7) is 0.269. The Hall–Kier alpha value is -4.04. The average molecular weight is 449 g/mol. The van der Waals surface area contributed by atoms with Crippen LogP contribution in [0.1, 0.15) is 15.9 Å². The lowest BCUT2D eigenvalue weighted by Crippen LogP contribution is -2.28. The molecular formula is C23H21ClN6O2. The predicted molar refractivity (Wildman–Crippen MR) is 127 cm³/mol. The molecule has 5 N–H and O–H groups in total. The SMILES string of the molecule is Cn1nc(N)c2c(C(=O)Nc3cccc(CNC(=O)Nc4ccccc4Cl)c3)cccc21. The van der Waals surface area contributed by atoms with Crippen LogP contribution in [0.15, 0.2) is 66.7 Å². The molecule has 162 valence electrons. The molecule has 0 aliphatic heterocycles. The van der Waals surface area contributed by atoms with Crippen molar-refractivity contribution in [1.82, 2.24) is 15.1 Å². The van der Waals surface area contributed by atoms with Crippen molar-refractivity contribution < 1.29 is 9.59 Å². The fourth-order valence-electron chi connectivity index (χ4n) is 3.40. The Balaban J connectivity index is 1.43. The van der Waals surface area contributed by atoms with E-state index in [1.54, 1.807) is 66.3 Å². The molecule has 0 saturated carbocycles. The van der Waals surface area contributed by atoms with Crippen LogP contribution in [0.2, 0.25) is 5.02 Å². The van der Waals surface area contributed by atoms with Gasteiger partial charge in [0, 0.05) is 19.3 Å². The first-order valence-electron chi connectivity index (χ1n) is 9.83. The summed E-state index contributed by atoms with van der Waals surface area (Å²) < 4.78 is 1.64. The van der Waals surface area contributed by atoms with Crippen LogP contribution in [-0.2, 0) is 13.6 Å². The topological polar surface area (TPSA) is 114 Å². The number of urea groups is 1. The molecule has 9 heteroatoms. The van der Waals surface area contributed by atoms with E-state index >= 15 is 0 Å². The Kier molecular flexibility index (Phi) is 5.96. The van der Waals surface area contributed by atoms with E-state index in [1.165, 1.54) is 0 Å². The summed E-state index contributed by atoms with van der Waals surface area (Å²) in [5, 5.41) is 13.6. The molecule has 32 heavy (non-hydrogen) atoms. The summed E-state index contributed by atoms with van der Waals surface area (Å²) in [5.41, 5.74) is 9.15. The molecule has 3 amide bonds. The molecule has 0 radical (unpaired) electrons. The van der Waals surface area contributed by atoms with Gasteiger partial charge in [-0.2, -0.15) is 5.10 Å². The van der Waals surface area contributed by atoms with Crippen molar-refractivity contribution in [3.8, 4) is 0 Å². The van der Waals surface area contributed by atoms with Crippen molar-refractivity contribution in [1.29, 1.82) is 0 Å². The van der Waals surface area contributed by atoms with Gasteiger partial charge < -0.3 is 21.7 Å². The Labute approximate surface area is 189 Å². The number of aryl methyl sites for hydroxylation is 1. The number of nitrogens with two attached hydrogens (primary N) is 1. The van der Waals surface area contributed by atoms with Gasteiger partial charge >= 0.3 is 6.03 Å². The molecule has 0 spiro atoms. The monoisotopic (exact) mass is 448 g/mol. The number of benzene rings is 3. The maximum Gasteiger partial charge on any atom is 0.319 e. The van der Waals surface area contributed by atoms with Crippen LogP contribution in [0, 0.1) is 0 Å². The Bertz CT molecular complexity index is 1320. The summed E-state index contributed by atoms with van der Waals surface area (Å²) in [4.78, 5) is 25.1. The van der Waals surface area contributed by atoms with Crippen LogP contribution in [0.4, 0.5) is 22.0 Å². The number of hydrogen-bond acceptors (Lipinski definition) is 4. The summed E-state index contributed by atoms with van der Waals surface area (Å²) in [6.07, 6.45) is 0. The molecule has 0 fully saturated rings. The molecule has 1 aromatic heterocycles. The lowest BCUT2D eigenvalue weighted by atomic mass is 10.1. The maximum absolute atomic E-state index is 12.9. The molecule has 0 aliphatic rings. The number of rotatable bonds is 5. The first kappa shape index (κ1) is 21.2. The number of halogens is 1. The number of carbonyl (C=O) groups is 2. The van der Waals surface area contributed by atoms with Crippen LogP contribution < -0.4 is 21.7 Å². The maximum atomic E-state index is 12.9. The van der Waals surface area contributed by atoms with Gasteiger partial charge in [0.2, 0.25) is 0 Å². The van der Waals surface area contributed by atoms with Crippen LogP contribution in [0.25, 0.3) is 10.9 Å². The number of carbonyl (C=O) groups excluding carboxylic acids is 2. The molecule has 4 aromatic rings. The summed E-state index contributed by atoms with van der Waals surface area (Å²) in [7, 11) is 1.78. The van der Waals surface area contributed by atoms with E-state index in [-0.39, 0.29) is 18.5 Å². The molecule has 0 aliphatic carbocycles. The highest BCUT2D eigenvalue weighted by molar-refractivity contribution is 6.33. The lowest BCUT2D eigenvalue weighted by molar-refractivity contribution is 0.102. The largest absolute Gasteiger partial charge is 0.382 e. The highest BCUT2D eigenvalue weighted by Gasteiger charge is 2.16. The number of anilines is 3. The number of para-hydroxylation sites is 1. The minimum atomic E-state index is -0.383. The second-order valence-electron chi connectivity index (χ2n) is 7.15. The average Bonchev–Trinajstić information content (AvgIpc) is 3.08. The fourth-order valence-corrected chi connectivity index (χ4v) is 3.59. The first-order valence-corrected chi connectivity index (χ1v) is 10.2. The Morgan fingerprint density at radius 3 is 2.62 bits per heavy atom. The Morgan fingerprint density at radius 1 is 1.03 bits per heavy atom. The zero-order valence-electron chi connectivity index (χ0n) is 17.2. The van der Waals surface area contributed by atoms with Gasteiger partial charge in [-0.1, -0.05) is 41.9 Å². The van der Waals surface area contributed by atoms with Crippen molar-refractivity contribution in [3.63, 3.8) is 0 Å². The van der Waals surface area contributed by atoms with E-state index in [1.807, 2.05) is 12.1 Å². The minimum Gasteiger partial charge on any atom is -0.382 e. The third-order valence-corrected chi connectivity index (χ3v) is 5.24. The molecule has 4 rings (SSSR count). The van der Waals surface area contributed by atoms with Gasteiger partial charge in [0.25, 0.3) is 5.91 Å². The molecule has 0 atom stereocenters. The minimum absolute atomic E-state index is 0.269. The van der Waals surface area contributed by atoms with Gasteiger partial charge in [0.05, 0.1) is 27.2 Å². The molecular weight excluding hydrogens is 428 g/mol. The van der Waals surface area contributed by atoms with Gasteiger partial charge in [-0.15, -0.1) is 0 Å². The van der Waals surface area contributed by atoms with Crippen LogP contribution in [0.3, 0.4) is 0 Å². The molecule has 8 nitrogen and oxygen atoms in total. The van der Waals surface area contributed by atoms with Crippen molar-refractivity contribution in [3.05, 3.63) is 82.9 Å². The summed E-state index contributed by atoms with van der Waals surface area (Å²) in [6, 6.07) is 19.2. The van der Waals surface area contributed by atoms with E-state index in [9.17, 15) is 9.59 Å². The van der Waals surface area contributed by atoms with Gasteiger partial charge in [-0.3, -0.25) is 9.48 Å². The number of nitrogens with one attached hydrogen (secondary N) is 3. The normalized spacial score (nSPS) is 10.7. The molecule has 0 unspecified atom stereocenters. The molecule has 0 saturated heterocycles. The van der Waals surface area contributed by atoms with Gasteiger partial charge in [-0.25, -0.2) is 4.79 Å². The standard InChI is InChI=1S/C23H21ClN6O2/c1-30-19-11-5-8-16(20(19)21(25)29-30)22(31)27-15-7-4-6-14(12-15)13-26-23(32)28-18-10-3-2-9-17(18)24/h2-12H,13H2,1H3,(H2,25,29)(H,27,31)(H2,26,28,32). The Morgan fingerprint density at radius 2 is 1.81 bits per heavy atom. The molecule has 0 bridgehead atoms. The lowest BCUT2D eigenvalue weighted by Gasteiger charge is -2.11. The number of amides is 3. The zero-order valence-corrected chi connectivity index (χ0v) is 18.0. The van der Waals surface area contributed by atoms with Crippen LogP contribution >= 0.6 is 11.6 Å². The van der Waals surface area contributed by atoms with Crippen LogP contribution in [-0.4, -0.2) is 21.7 Å². The van der Waals surface area contributed by atoms with Crippen molar-refractivity contribution >= 4 is 51.6 Å². The highest BCUT2D eigenvalue weighted by Crippen LogP contribution is 2.25. The van der Waals surface area contributed by atoms with Crippen molar-refractivity contribution in [2.75, 3.05) is 16.4 Å². The van der Waals surface area contributed by atoms with Gasteiger partial charge in [-0.05, 0) is 42.0 Å². The number of fused-ring (bicyclic) bond motifs is 1. The molecule has 3 aromatic carbocycles. The van der Waals surface area contributed by atoms with Crippen LogP contribution in [0.5, 0.6) is 0 Å². The van der Waals surface area contributed by atoms with Crippen molar-refractivity contribution in [2.45, 2.75) is 6.54 Å².